The first kappa shape index (κ1) is 14.3. The van der Waals surface area contributed by atoms with Crippen molar-refractivity contribution in [1.29, 1.82) is 5.26 Å². The van der Waals surface area contributed by atoms with Gasteiger partial charge in [0.1, 0.15) is 5.69 Å². The Morgan fingerprint density at radius 2 is 2.35 bits per heavy atom. The van der Waals surface area contributed by atoms with Gasteiger partial charge in [-0.1, -0.05) is 0 Å². The van der Waals surface area contributed by atoms with Crippen LogP contribution in [-0.2, 0) is 0 Å². The molecule has 1 aromatic carbocycles. The summed E-state index contributed by atoms with van der Waals surface area (Å²) in [5.41, 5.74) is 0.993. The average molecular weight is 275 g/mol. The normalized spacial score (nSPS) is 18.0. The molecule has 0 radical (unpaired) electrons. The Hall–Kier alpha value is -2.13. The molecule has 1 unspecified atom stereocenters. The highest BCUT2D eigenvalue weighted by Gasteiger charge is 2.29. The van der Waals surface area contributed by atoms with E-state index in [1.807, 2.05) is 11.0 Å². The summed E-state index contributed by atoms with van der Waals surface area (Å²) < 4.78 is 0. The molecular weight excluding hydrogens is 258 g/mol. The lowest BCUT2D eigenvalue weighted by molar-refractivity contribution is -0.384. The standard InChI is InChI=1S/C14H17N3O3/c15-10-11-5-6-13(17(19)20)14(9-11)16-7-1-3-12(16)4-2-8-18/h5-6,9,12,18H,1-4,7-8H2. The summed E-state index contributed by atoms with van der Waals surface area (Å²) >= 11 is 0. The van der Waals surface area contributed by atoms with Gasteiger partial charge in [-0.25, -0.2) is 0 Å². The summed E-state index contributed by atoms with van der Waals surface area (Å²) in [5.74, 6) is 0. The highest BCUT2D eigenvalue weighted by atomic mass is 16.6. The lowest BCUT2D eigenvalue weighted by atomic mass is 10.1. The van der Waals surface area contributed by atoms with Gasteiger partial charge in [-0.2, -0.15) is 5.26 Å². The largest absolute Gasteiger partial charge is 0.396 e. The Kier molecular flexibility index (Phi) is 4.53. The van der Waals surface area contributed by atoms with Gasteiger partial charge in [0.15, 0.2) is 0 Å². The smallest absolute Gasteiger partial charge is 0.292 e. The third-order valence-corrected chi connectivity index (χ3v) is 3.68. The number of nitrogens with zero attached hydrogens (tertiary/aromatic N) is 3. The number of rotatable bonds is 5. The highest BCUT2D eigenvalue weighted by Crippen LogP contribution is 2.35. The van der Waals surface area contributed by atoms with Crippen molar-refractivity contribution in [3.05, 3.63) is 33.9 Å². The second-order valence-corrected chi connectivity index (χ2v) is 4.93. The fraction of sp³-hybridized carbons (Fsp3) is 0.500. The van der Waals surface area contributed by atoms with Gasteiger partial charge < -0.3 is 10.0 Å². The predicted octanol–water partition coefficient (Wildman–Crippen LogP) is 2.21. The van der Waals surface area contributed by atoms with E-state index < -0.39 is 4.92 Å². The Balaban J connectivity index is 2.34. The van der Waals surface area contributed by atoms with Gasteiger partial charge in [0.05, 0.1) is 16.6 Å². The van der Waals surface area contributed by atoms with Gasteiger partial charge in [-0.15, -0.1) is 0 Å². The maximum Gasteiger partial charge on any atom is 0.292 e. The van der Waals surface area contributed by atoms with E-state index in [-0.39, 0.29) is 18.3 Å². The molecule has 1 N–H and O–H groups in total. The number of benzene rings is 1. The molecule has 1 aliphatic heterocycles. The number of aliphatic hydroxyl groups excluding tert-OH is 1. The molecule has 0 saturated carbocycles. The van der Waals surface area contributed by atoms with E-state index in [1.54, 1.807) is 6.07 Å². The lowest BCUT2D eigenvalue weighted by Gasteiger charge is -2.26. The molecule has 6 nitrogen and oxygen atoms in total. The van der Waals surface area contributed by atoms with Crippen molar-refractivity contribution in [1.82, 2.24) is 0 Å². The number of aliphatic hydroxyl groups is 1. The molecule has 2 rings (SSSR count). The van der Waals surface area contributed by atoms with Crippen LogP contribution in [0, 0.1) is 21.4 Å². The van der Waals surface area contributed by atoms with Crippen LogP contribution in [0.3, 0.4) is 0 Å². The van der Waals surface area contributed by atoms with Crippen LogP contribution in [0.25, 0.3) is 0 Å². The zero-order chi connectivity index (χ0) is 14.5. The highest BCUT2D eigenvalue weighted by molar-refractivity contribution is 5.66. The van der Waals surface area contributed by atoms with Crippen LogP contribution in [0.15, 0.2) is 18.2 Å². The number of hydrogen-bond acceptors (Lipinski definition) is 5. The summed E-state index contributed by atoms with van der Waals surface area (Å²) in [6, 6.07) is 6.69. The molecule has 0 bridgehead atoms. The van der Waals surface area contributed by atoms with E-state index in [0.717, 1.165) is 25.8 Å². The number of nitro benzene ring substituents is 1. The first-order chi connectivity index (χ1) is 9.67. The van der Waals surface area contributed by atoms with E-state index in [4.69, 9.17) is 10.4 Å². The van der Waals surface area contributed by atoms with Crippen molar-refractivity contribution in [2.45, 2.75) is 31.7 Å². The molecular formula is C14H17N3O3. The van der Waals surface area contributed by atoms with Gasteiger partial charge >= 0.3 is 0 Å². The molecule has 20 heavy (non-hydrogen) atoms. The molecule has 1 saturated heterocycles. The summed E-state index contributed by atoms with van der Waals surface area (Å²) in [4.78, 5) is 12.8. The number of nitriles is 1. The van der Waals surface area contributed by atoms with Gasteiger partial charge in [0, 0.05) is 25.3 Å². The van der Waals surface area contributed by atoms with Crippen LogP contribution >= 0.6 is 0 Å². The van der Waals surface area contributed by atoms with E-state index in [1.165, 1.54) is 12.1 Å². The van der Waals surface area contributed by atoms with E-state index in [2.05, 4.69) is 0 Å². The summed E-state index contributed by atoms with van der Waals surface area (Å²) in [6.45, 7) is 0.885. The molecule has 0 spiro atoms. The van der Waals surface area contributed by atoms with Gasteiger partial charge in [0.25, 0.3) is 5.69 Å². The van der Waals surface area contributed by atoms with E-state index >= 15 is 0 Å². The van der Waals surface area contributed by atoms with Crippen LogP contribution in [0.5, 0.6) is 0 Å². The SMILES string of the molecule is N#Cc1ccc([N+](=O)[O-])c(N2CCCC2CCCO)c1. The third-order valence-electron chi connectivity index (χ3n) is 3.68. The van der Waals surface area contributed by atoms with Crippen LogP contribution in [0.4, 0.5) is 11.4 Å². The number of anilines is 1. The summed E-state index contributed by atoms with van der Waals surface area (Å²) in [5, 5.41) is 29.1. The van der Waals surface area contributed by atoms with Crippen molar-refractivity contribution >= 4 is 11.4 Å². The van der Waals surface area contributed by atoms with Crippen LogP contribution in [0.1, 0.15) is 31.2 Å². The molecule has 106 valence electrons. The van der Waals surface area contributed by atoms with E-state index in [9.17, 15) is 10.1 Å². The number of nitro groups is 1. The van der Waals surface area contributed by atoms with Crippen LogP contribution in [0.2, 0.25) is 0 Å². The molecule has 1 aromatic rings. The molecule has 1 atom stereocenters. The summed E-state index contributed by atoms with van der Waals surface area (Å²) in [6.07, 6.45) is 3.44. The minimum absolute atomic E-state index is 0.0416. The number of hydrogen-bond donors (Lipinski definition) is 1. The first-order valence-corrected chi connectivity index (χ1v) is 6.73. The molecule has 1 aliphatic rings. The third kappa shape index (κ3) is 2.89. The van der Waals surface area contributed by atoms with Gasteiger partial charge in [-0.3, -0.25) is 10.1 Å². The van der Waals surface area contributed by atoms with Crippen molar-refractivity contribution in [3.8, 4) is 6.07 Å². The lowest BCUT2D eigenvalue weighted by Crippen LogP contribution is -2.30. The molecule has 1 heterocycles. The fourth-order valence-electron chi connectivity index (χ4n) is 2.76. The molecule has 0 aromatic heterocycles. The Morgan fingerprint density at radius 3 is 3.00 bits per heavy atom. The molecule has 0 aliphatic carbocycles. The second kappa shape index (κ2) is 6.35. The van der Waals surface area contributed by atoms with E-state index in [0.29, 0.717) is 17.7 Å². The maximum atomic E-state index is 11.2. The Morgan fingerprint density at radius 1 is 1.55 bits per heavy atom. The minimum Gasteiger partial charge on any atom is -0.396 e. The monoisotopic (exact) mass is 275 g/mol. The average Bonchev–Trinajstić information content (AvgIpc) is 2.92. The minimum atomic E-state index is -0.405. The van der Waals surface area contributed by atoms with Crippen LogP contribution in [-0.4, -0.2) is 29.2 Å². The van der Waals surface area contributed by atoms with Crippen molar-refractivity contribution < 1.29 is 10.0 Å². The van der Waals surface area contributed by atoms with Crippen molar-refractivity contribution in [3.63, 3.8) is 0 Å². The molecule has 6 heteroatoms. The summed E-state index contributed by atoms with van der Waals surface area (Å²) in [7, 11) is 0. The maximum absolute atomic E-state index is 11.2. The molecule has 0 amide bonds. The fourth-order valence-corrected chi connectivity index (χ4v) is 2.76. The van der Waals surface area contributed by atoms with Gasteiger partial charge in [0.2, 0.25) is 0 Å². The second-order valence-electron chi connectivity index (χ2n) is 4.93. The van der Waals surface area contributed by atoms with Crippen molar-refractivity contribution in [2.75, 3.05) is 18.1 Å². The molecule has 1 fully saturated rings. The zero-order valence-corrected chi connectivity index (χ0v) is 11.2. The topological polar surface area (TPSA) is 90.4 Å². The van der Waals surface area contributed by atoms with Gasteiger partial charge in [-0.05, 0) is 37.8 Å². The zero-order valence-electron chi connectivity index (χ0n) is 11.2. The quantitative estimate of drug-likeness (QED) is 0.657. The van der Waals surface area contributed by atoms with Crippen molar-refractivity contribution in [2.24, 2.45) is 0 Å². The Bertz CT molecular complexity index is 539. The first-order valence-electron chi connectivity index (χ1n) is 6.73. The predicted molar refractivity (Wildman–Crippen MR) is 74.5 cm³/mol. The Labute approximate surface area is 117 Å². The van der Waals surface area contributed by atoms with Crippen LogP contribution < -0.4 is 4.90 Å².